The lowest BCUT2D eigenvalue weighted by Crippen LogP contribution is -2.33. The SMILES string of the molecule is CC(=O)N(C)C(C)=[N+](C)C. The van der Waals surface area contributed by atoms with E-state index in [1.807, 2.05) is 25.6 Å². The highest BCUT2D eigenvalue weighted by atomic mass is 16.2. The van der Waals surface area contributed by atoms with Gasteiger partial charge < -0.3 is 0 Å². The van der Waals surface area contributed by atoms with Crippen LogP contribution in [0.1, 0.15) is 13.8 Å². The first-order chi connectivity index (χ1) is 4.46. The minimum absolute atomic E-state index is 0.0613. The summed E-state index contributed by atoms with van der Waals surface area (Å²) < 4.78 is 1.90. The number of amides is 1. The van der Waals surface area contributed by atoms with Gasteiger partial charge in [-0.1, -0.05) is 0 Å². The van der Waals surface area contributed by atoms with E-state index in [0.717, 1.165) is 5.84 Å². The van der Waals surface area contributed by atoms with E-state index in [1.54, 1.807) is 18.9 Å². The lowest BCUT2D eigenvalue weighted by atomic mass is 10.5. The summed E-state index contributed by atoms with van der Waals surface area (Å²) in [5.74, 6) is 1.01. The summed E-state index contributed by atoms with van der Waals surface area (Å²) >= 11 is 0. The van der Waals surface area contributed by atoms with Crippen LogP contribution < -0.4 is 0 Å². The second kappa shape index (κ2) is 3.34. The van der Waals surface area contributed by atoms with E-state index in [4.69, 9.17) is 0 Å². The van der Waals surface area contributed by atoms with E-state index in [9.17, 15) is 4.79 Å². The zero-order valence-corrected chi connectivity index (χ0v) is 7.30. The quantitative estimate of drug-likeness (QED) is 0.269. The van der Waals surface area contributed by atoms with E-state index in [1.165, 1.54) is 0 Å². The van der Waals surface area contributed by atoms with Crippen molar-refractivity contribution in [3.05, 3.63) is 0 Å². The monoisotopic (exact) mass is 143 g/mol. The maximum atomic E-state index is 10.8. The van der Waals surface area contributed by atoms with Crippen LogP contribution in [0.4, 0.5) is 0 Å². The standard InChI is InChI=1S/C7H15N2O/c1-6(8(3)4)9(5)7(2)10/h1-5H3/q+1. The second-order valence-electron chi connectivity index (χ2n) is 2.52. The number of carbonyl (C=O) groups excluding carboxylic acids is 1. The van der Waals surface area contributed by atoms with Crippen LogP contribution in [0.15, 0.2) is 0 Å². The summed E-state index contributed by atoms with van der Waals surface area (Å²) in [6, 6.07) is 0. The smallest absolute Gasteiger partial charge is 0.271 e. The molecule has 0 saturated heterocycles. The first-order valence-electron chi connectivity index (χ1n) is 3.22. The second-order valence-corrected chi connectivity index (χ2v) is 2.52. The van der Waals surface area contributed by atoms with Crippen molar-refractivity contribution in [2.45, 2.75) is 13.8 Å². The average Bonchev–Trinajstić information content (AvgIpc) is 1.84. The van der Waals surface area contributed by atoms with Gasteiger partial charge in [0.25, 0.3) is 0 Å². The molecule has 0 unspecified atom stereocenters. The molecule has 0 aromatic carbocycles. The summed E-state index contributed by atoms with van der Waals surface area (Å²) in [6.45, 7) is 3.45. The van der Waals surface area contributed by atoms with Crippen LogP contribution in [0.2, 0.25) is 0 Å². The van der Waals surface area contributed by atoms with Crippen molar-refractivity contribution in [2.24, 2.45) is 0 Å². The van der Waals surface area contributed by atoms with Gasteiger partial charge in [0.05, 0.1) is 21.1 Å². The van der Waals surface area contributed by atoms with Crippen LogP contribution >= 0.6 is 0 Å². The largest absolute Gasteiger partial charge is 0.306 e. The van der Waals surface area contributed by atoms with Gasteiger partial charge in [-0.15, -0.1) is 0 Å². The molecule has 0 aliphatic heterocycles. The molecule has 0 N–H and O–H groups in total. The van der Waals surface area contributed by atoms with Crippen molar-refractivity contribution in [1.82, 2.24) is 4.90 Å². The molecule has 0 aromatic rings. The normalized spacial score (nSPS) is 8.90. The number of nitrogens with zero attached hydrogens (tertiary/aromatic N) is 2. The Balaban J connectivity index is 4.37. The lowest BCUT2D eigenvalue weighted by Gasteiger charge is -2.07. The summed E-state index contributed by atoms with van der Waals surface area (Å²) in [4.78, 5) is 12.4. The first kappa shape index (κ1) is 9.14. The summed E-state index contributed by atoms with van der Waals surface area (Å²) in [6.07, 6.45) is 0. The molecule has 0 aliphatic rings. The fraction of sp³-hybridized carbons (Fsp3) is 0.714. The van der Waals surface area contributed by atoms with Gasteiger partial charge in [-0.3, -0.25) is 4.58 Å². The van der Waals surface area contributed by atoms with Gasteiger partial charge in [-0.25, -0.2) is 9.69 Å². The predicted octanol–water partition coefficient (Wildman–Crippen LogP) is 0.155. The number of hydrogen-bond donors (Lipinski definition) is 0. The van der Waals surface area contributed by atoms with E-state index < -0.39 is 0 Å². The maximum absolute atomic E-state index is 10.8. The minimum atomic E-state index is 0.0613. The van der Waals surface area contributed by atoms with Crippen molar-refractivity contribution in [3.8, 4) is 0 Å². The Hall–Kier alpha value is -0.860. The predicted molar refractivity (Wildman–Crippen MR) is 41.2 cm³/mol. The van der Waals surface area contributed by atoms with E-state index in [-0.39, 0.29) is 5.91 Å². The molecule has 0 aromatic heterocycles. The average molecular weight is 143 g/mol. The molecular formula is C7H15N2O+. The lowest BCUT2D eigenvalue weighted by molar-refractivity contribution is -0.469. The van der Waals surface area contributed by atoms with E-state index in [2.05, 4.69) is 0 Å². The van der Waals surface area contributed by atoms with Gasteiger partial charge in [-0.05, 0) is 0 Å². The van der Waals surface area contributed by atoms with Gasteiger partial charge in [0.1, 0.15) is 0 Å². The fourth-order valence-corrected chi connectivity index (χ4v) is 0.528. The molecule has 0 atom stereocenters. The molecular weight excluding hydrogens is 128 g/mol. The van der Waals surface area contributed by atoms with Crippen molar-refractivity contribution >= 4 is 11.7 Å². The Bertz CT molecular complexity index is 168. The Morgan fingerprint density at radius 2 is 1.70 bits per heavy atom. The van der Waals surface area contributed by atoms with Gasteiger partial charge in [0, 0.05) is 13.8 Å². The van der Waals surface area contributed by atoms with Gasteiger partial charge in [-0.2, -0.15) is 0 Å². The Kier molecular flexibility index (Phi) is 3.06. The molecule has 0 spiro atoms. The van der Waals surface area contributed by atoms with Crippen molar-refractivity contribution < 1.29 is 9.37 Å². The molecule has 0 bridgehead atoms. The Morgan fingerprint density at radius 1 is 1.30 bits per heavy atom. The van der Waals surface area contributed by atoms with E-state index >= 15 is 0 Å². The molecule has 58 valence electrons. The Morgan fingerprint density at radius 3 is 1.80 bits per heavy atom. The van der Waals surface area contributed by atoms with Gasteiger partial charge >= 0.3 is 5.91 Å². The number of hydrogen-bond acceptors (Lipinski definition) is 1. The van der Waals surface area contributed by atoms with Gasteiger partial charge in [0.2, 0.25) is 5.84 Å². The van der Waals surface area contributed by atoms with Gasteiger partial charge in [0.15, 0.2) is 0 Å². The summed E-state index contributed by atoms with van der Waals surface area (Å²) in [5, 5.41) is 0. The third kappa shape index (κ3) is 2.17. The van der Waals surface area contributed by atoms with Crippen LogP contribution in [0.5, 0.6) is 0 Å². The molecule has 0 aliphatic carbocycles. The molecule has 0 rings (SSSR count). The molecule has 0 heterocycles. The molecule has 10 heavy (non-hydrogen) atoms. The Labute approximate surface area is 62.0 Å². The molecule has 0 fully saturated rings. The topological polar surface area (TPSA) is 23.3 Å². The highest BCUT2D eigenvalue weighted by Gasteiger charge is 2.13. The van der Waals surface area contributed by atoms with Crippen LogP contribution in [0.25, 0.3) is 0 Å². The number of rotatable bonds is 0. The molecule has 0 radical (unpaired) electrons. The third-order valence-corrected chi connectivity index (χ3v) is 1.60. The van der Waals surface area contributed by atoms with Crippen molar-refractivity contribution in [3.63, 3.8) is 0 Å². The third-order valence-electron chi connectivity index (χ3n) is 1.60. The highest BCUT2D eigenvalue weighted by Crippen LogP contribution is 1.85. The summed E-state index contributed by atoms with van der Waals surface area (Å²) in [5.41, 5.74) is 0. The molecule has 1 amide bonds. The van der Waals surface area contributed by atoms with Crippen LogP contribution in [0, 0.1) is 0 Å². The van der Waals surface area contributed by atoms with Crippen LogP contribution in [-0.2, 0) is 4.79 Å². The molecule has 3 heteroatoms. The number of carbonyl (C=O) groups is 1. The van der Waals surface area contributed by atoms with Crippen LogP contribution in [0.3, 0.4) is 0 Å². The summed E-state index contributed by atoms with van der Waals surface area (Å²) in [7, 11) is 5.58. The zero-order chi connectivity index (χ0) is 8.31. The minimum Gasteiger partial charge on any atom is -0.271 e. The molecule has 3 nitrogen and oxygen atoms in total. The van der Waals surface area contributed by atoms with Crippen LogP contribution in [-0.4, -0.2) is 42.4 Å². The number of amidine groups is 1. The fourth-order valence-electron chi connectivity index (χ4n) is 0.528. The molecule has 0 saturated carbocycles. The van der Waals surface area contributed by atoms with E-state index in [0.29, 0.717) is 0 Å². The highest BCUT2D eigenvalue weighted by molar-refractivity contribution is 5.92. The first-order valence-corrected chi connectivity index (χ1v) is 3.22. The zero-order valence-electron chi connectivity index (χ0n) is 7.30. The van der Waals surface area contributed by atoms with Crippen molar-refractivity contribution in [2.75, 3.05) is 21.1 Å². The van der Waals surface area contributed by atoms with Crippen molar-refractivity contribution in [1.29, 1.82) is 0 Å². The maximum Gasteiger partial charge on any atom is 0.306 e.